The summed E-state index contributed by atoms with van der Waals surface area (Å²) in [6, 6.07) is 5.81. The molecular weight excluding hydrogens is 254 g/mol. The van der Waals surface area contributed by atoms with Gasteiger partial charge >= 0.3 is 0 Å². The Morgan fingerprint density at radius 3 is 3.10 bits per heavy atom. The Morgan fingerprint density at radius 1 is 1.30 bits per heavy atom. The molecule has 2 aromatic heterocycles. The Kier molecular flexibility index (Phi) is 2.14. The molecule has 0 fully saturated rings. The highest BCUT2D eigenvalue weighted by Gasteiger charge is 2.24. The highest BCUT2D eigenvalue weighted by Crippen LogP contribution is 2.29. The molecule has 1 aliphatic heterocycles. The topological polar surface area (TPSA) is 74.8 Å². The number of hydrogen-bond acceptors (Lipinski definition) is 4. The van der Waals surface area contributed by atoms with E-state index in [1.54, 1.807) is 18.1 Å². The molecular formula is C14H11N5O. The summed E-state index contributed by atoms with van der Waals surface area (Å²) in [6.45, 7) is 0.640. The van der Waals surface area contributed by atoms with E-state index >= 15 is 0 Å². The Hall–Kier alpha value is -2.76. The zero-order chi connectivity index (χ0) is 13.7. The van der Waals surface area contributed by atoms with E-state index in [1.807, 2.05) is 18.2 Å². The van der Waals surface area contributed by atoms with Crippen molar-refractivity contribution in [3.8, 4) is 11.3 Å². The lowest BCUT2D eigenvalue weighted by atomic mass is 10.0. The number of H-pyrrole nitrogens is 1. The van der Waals surface area contributed by atoms with Crippen molar-refractivity contribution in [3.63, 3.8) is 0 Å². The van der Waals surface area contributed by atoms with Gasteiger partial charge in [-0.15, -0.1) is 0 Å². The summed E-state index contributed by atoms with van der Waals surface area (Å²) < 4.78 is 0. The third kappa shape index (κ3) is 1.45. The summed E-state index contributed by atoms with van der Waals surface area (Å²) in [6.07, 6.45) is 3.23. The van der Waals surface area contributed by atoms with Gasteiger partial charge in [-0.1, -0.05) is 6.07 Å². The standard InChI is InChI=1S/C14H11N5O/c1-19-6-9-4-8(2-3-10(9)14(19)20)12-11-5-17-18-13(11)16-7-15-12/h2-5,7H,6H2,1H3,(H,15,16,17,18). The van der Waals surface area contributed by atoms with Crippen LogP contribution in [0.2, 0.25) is 0 Å². The smallest absolute Gasteiger partial charge is 0.254 e. The summed E-state index contributed by atoms with van der Waals surface area (Å²) in [7, 11) is 1.81. The van der Waals surface area contributed by atoms with Crippen LogP contribution in [0.4, 0.5) is 0 Å². The second-order valence-corrected chi connectivity index (χ2v) is 4.89. The average molecular weight is 265 g/mol. The van der Waals surface area contributed by atoms with Gasteiger partial charge in [0.05, 0.1) is 17.3 Å². The number of nitrogens with one attached hydrogen (secondary N) is 1. The quantitative estimate of drug-likeness (QED) is 0.725. The van der Waals surface area contributed by atoms with Crippen LogP contribution in [0.15, 0.2) is 30.7 Å². The molecule has 20 heavy (non-hydrogen) atoms. The van der Waals surface area contributed by atoms with Crippen molar-refractivity contribution in [2.24, 2.45) is 0 Å². The molecule has 0 unspecified atom stereocenters. The summed E-state index contributed by atoms with van der Waals surface area (Å²) in [5.74, 6) is 0.0719. The van der Waals surface area contributed by atoms with Crippen LogP contribution in [-0.4, -0.2) is 38.0 Å². The third-order valence-corrected chi connectivity index (χ3v) is 3.61. The second kappa shape index (κ2) is 3.86. The molecule has 3 heterocycles. The van der Waals surface area contributed by atoms with Gasteiger partial charge in [0.2, 0.25) is 0 Å². The maximum absolute atomic E-state index is 11.9. The molecule has 0 radical (unpaired) electrons. The summed E-state index contributed by atoms with van der Waals surface area (Å²) in [5.41, 5.74) is 4.32. The molecule has 0 atom stereocenters. The fourth-order valence-electron chi connectivity index (χ4n) is 2.61. The first-order chi connectivity index (χ1) is 9.74. The molecule has 1 aliphatic rings. The molecule has 4 rings (SSSR count). The van der Waals surface area contributed by atoms with Crippen LogP contribution >= 0.6 is 0 Å². The molecule has 1 N–H and O–H groups in total. The van der Waals surface area contributed by atoms with E-state index < -0.39 is 0 Å². The number of carbonyl (C=O) groups excluding carboxylic acids is 1. The van der Waals surface area contributed by atoms with Crippen LogP contribution in [0, 0.1) is 0 Å². The summed E-state index contributed by atoms with van der Waals surface area (Å²) in [4.78, 5) is 22.1. The predicted molar refractivity (Wildman–Crippen MR) is 72.9 cm³/mol. The van der Waals surface area contributed by atoms with Gasteiger partial charge in [-0.2, -0.15) is 5.10 Å². The molecule has 0 bridgehead atoms. The Morgan fingerprint density at radius 2 is 2.20 bits per heavy atom. The number of rotatable bonds is 1. The Balaban J connectivity index is 1.90. The van der Waals surface area contributed by atoms with Crippen molar-refractivity contribution >= 4 is 16.9 Å². The molecule has 1 amide bonds. The van der Waals surface area contributed by atoms with Crippen molar-refractivity contribution in [3.05, 3.63) is 41.9 Å². The Bertz CT molecular complexity index is 838. The van der Waals surface area contributed by atoms with Gasteiger partial charge in [0.15, 0.2) is 5.65 Å². The minimum atomic E-state index is 0.0719. The van der Waals surface area contributed by atoms with Gasteiger partial charge in [0.25, 0.3) is 5.91 Å². The van der Waals surface area contributed by atoms with Crippen LogP contribution in [0.1, 0.15) is 15.9 Å². The monoisotopic (exact) mass is 265 g/mol. The summed E-state index contributed by atoms with van der Waals surface area (Å²) >= 11 is 0. The number of amides is 1. The zero-order valence-electron chi connectivity index (χ0n) is 10.8. The largest absolute Gasteiger partial charge is 0.337 e. The lowest BCUT2D eigenvalue weighted by molar-refractivity contribution is 0.0816. The number of aromatic nitrogens is 4. The molecule has 0 spiro atoms. The van der Waals surface area contributed by atoms with E-state index in [0.717, 1.165) is 27.8 Å². The van der Waals surface area contributed by atoms with Crippen molar-refractivity contribution in [2.45, 2.75) is 6.54 Å². The molecule has 6 heteroatoms. The minimum Gasteiger partial charge on any atom is -0.337 e. The summed E-state index contributed by atoms with van der Waals surface area (Å²) in [5, 5.41) is 7.71. The highest BCUT2D eigenvalue weighted by molar-refractivity contribution is 5.99. The van der Waals surface area contributed by atoms with Gasteiger partial charge in [0, 0.05) is 24.7 Å². The van der Waals surface area contributed by atoms with Crippen molar-refractivity contribution < 1.29 is 4.79 Å². The zero-order valence-corrected chi connectivity index (χ0v) is 10.8. The lowest BCUT2D eigenvalue weighted by Crippen LogP contribution is -2.17. The van der Waals surface area contributed by atoms with Crippen LogP contribution in [0.25, 0.3) is 22.3 Å². The fourth-order valence-corrected chi connectivity index (χ4v) is 2.61. The van der Waals surface area contributed by atoms with Crippen LogP contribution < -0.4 is 0 Å². The van der Waals surface area contributed by atoms with Crippen LogP contribution in [0.3, 0.4) is 0 Å². The van der Waals surface area contributed by atoms with E-state index in [9.17, 15) is 4.79 Å². The fraction of sp³-hybridized carbons (Fsp3) is 0.143. The second-order valence-electron chi connectivity index (χ2n) is 4.89. The first kappa shape index (κ1) is 11.1. The van der Waals surface area contributed by atoms with Gasteiger partial charge in [-0.05, 0) is 17.7 Å². The van der Waals surface area contributed by atoms with Gasteiger partial charge in [0.1, 0.15) is 6.33 Å². The first-order valence-corrected chi connectivity index (χ1v) is 6.27. The molecule has 3 aromatic rings. The van der Waals surface area contributed by atoms with Crippen LogP contribution in [0.5, 0.6) is 0 Å². The molecule has 6 nitrogen and oxygen atoms in total. The number of aromatic amines is 1. The molecule has 1 aromatic carbocycles. The maximum atomic E-state index is 11.9. The van der Waals surface area contributed by atoms with Gasteiger partial charge in [-0.3, -0.25) is 9.89 Å². The first-order valence-electron chi connectivity index (χ1n) is 6.27. The van der Waals surface area contributed by atoms with E-state index in [1.165, 1.54) is 6.33 Å². The van der Waals surface area contributed by atoms with Crippen molar-refractivity contribution in [1.82, 2.24) is 25.1 Å². The normalized spacial score (nSPS) is 14.1. The van der Waals surface area contributed by atoms with Crippen LogP contribution in [-0.2, 0) is 6.54 Å². The number of fused-ring (bicyclic) bond motifs is 2. The number of benzene rings is 1. The van der Waals surface area contributed by atoms with Crippen molar-refractivity contribution in [1.29, 1.82) is 0 Å². The van der Waals surface area contributed by atoms with Crippen molar-refractivity contribution in [2.75, 3.05) is 7.05 Å². The maximum Gasteiger partial charge on any atom is 0.254 e. The van der Waals surface area contributed by atoms with E-state index in [-0.39, 0.29) is 5.91 Å². The highest BCUT2D eigenvalue weighted by atomic mass is 16.2. The molecule has 0 aliphatic carbocycles. The Labute approximate surface area is 114 Å². The van der Waals surface area contributed by atoms with E-state index in [2.05, 4.69) is 20.2 Å². The number of nitrogens with zero attached hydrogens (tertiary/aromatic N) is 4. The third-order valence-electron chi connectivity index (χ3n) is 3.61. The molecule has 0 saturated heterocycles. The number of hydrogen-bond donors (Lipinski definition) is 1. The van der Waals surface area contributed by atoms with Gasteiger partial charge in [-0.25, -0.2) is 9.97 Å². The van der Waals surface area contributed by atoms with Gasteiger partial charge < -0.3 is 4.90 Å². The molecule has 98 valence electrons. The predicted octanol–water partition coefficient (Wildman–Crippen LogP) is 1.61. The number of carbonyl (C=O) groups is 1. The van der Waals surface area contributed by atoms with E-state index in [4.69, 9.17) is 0 Å². The SMILES string of the molecule is CN1Cc2cc(-c3ncnc4[nH]ncc34)ccc2C1=O. The minimum absolute atomic E-state index is 0.0719. The average Bonchev–Trinajstić information content (AvgIpc) is 3.04. The molecule has 0 saturated carbocycles. The lowest BCUT2D eigenvalue weighted by Gasteiger charge is -2.04. The van der Waals surface area contributed by atoms with E-state index in [0.29, 0.717) is 12.2 Å².